The first-order valence-corrected chi connectivity index (χ1v) is 13.5. The molecule has 6 nitrogen and oxygen atoms in total. The van der Waals surface area contributed by atoms with Gasteiger partial charge >= 0.3 is 0 Å². The first-order chi connectivity index (χ1) is 16.8. The number of aryl methyl sites for hydroxylation is 2. The van der Waals surface area contributed by atoms with Crippen LogP contribution in [0, 0.1) is 0 Å². The van der Waals surface area contributed by atoms with E-state index in [9.17, 15) is 0 Å². The minimum atomic E-state index is 0.847. The first-order valence-electron chi connectivity index (χ1n) is 12.7. The van der Waals surface area contributed by atoms with Crippen molar-refractivity contribution in [2.45, 2.75) is 45.4 Å². The second-order valence-electron chi connectivity index (χ2n) is 9.38. The van der Waals surface area contributed by atoms with E-state index < -0.39 is 0 Å². The summed E-state index contributed by atoms with van der Waals surface area (Å²) in [6.45, 7) is 7.38. The predicted octanol–water partition coefficient (Wildman–Crippen LogP) is 4.74. The third-order valence-corrected chi connectivity index (χ3v) is 8.25. The lowest BCUT2D eigenvalue weighted by Gasteiger charge is -2.29. The predicted molar refractivity (Wildman–Crippen MR) is 142 cm³/mol. The van der Waals surface area contributed by atoms with Gasteiger partial charge in [0.25, 0.3) is 0 Å². The lowest BCUT2D eigenvalue weighted by Crippen LogP contribution is -2.43. The number of hydrogen-bond donors (Lipinski definition) is 2. The molecule has 1 aromatic carbocycles. The first kappa shape index (κ1) is 21.7. The second kappa shape index (κ2) is 9.47. The van der Waals surface area contributed by atoms with Crippen molar-refractivity contribution >= 4 is 43.3 Å². The van der Waals surface area contributed by atoms with Gasteiger partial charge in [0, 0.05) is 49.5 Å². The molecule has 4 heterocycles. The van der Waals surface area contributed by atoms with Crippen LogP contribution >= 0.6 is 11.3 Å². The van der Waals surface area contributed by atoms with Gasteiger partial charge in [0.05, 0.1) is 10.2 Å². The molecule has 7 heteroatoms. The van der Waals surface area contributed by atoms with E-state index in [0.29, 0.717) is 0 Å². The number of benzene rings is 1. The highest BCUT2D eigenvalue weighted by Crippen LogP contribution is 2.41. The lowest BCUT2D eigenvalue weighted by molar-refractivity contribution is 0.589. The van der Waals surface area contributed by atoms with E-state index in [0.717, 1.165) is 85.7 Å². The highest BCUT2D eigenvalue weighted by molar-refractivity contribution is 7.26. The number of nitrogens with one attached hydrogen (secondary N) is 2. The zero-order chi connectivity index (χ0) is 22.9. The molecule has 6 rings (SSSR count). The van der Waals surface area contributed by atoms with Gasteiger partial charge in [-0.3, -0.25) is 0 Å². The average Bonchev–Trinajstić information content (AvgIpc) is 3.50. The Labute approximate surface area is 204 Å². The van der Waals surface area contributed by atoms with E-state index in [4.69, 9.17) is 9.97 Å². The summed E-state index contributed by atoms with van der Waals surface area (Å²) in [6, 6.07) is 9.04. The summed E-state index contributed by atoms with van der Waals surface area (Å²) in [5.41, 5.74) is 8.04. The molecular formula is C27H32N6S. The molecule has 2 aliphatic rings. The monoisotopic (exact) mass is 472 g/mol. The zero-order valence-corrected chi connectivity index (χ0v) is 20.7. The van der Waals surface area contributed by atoms with Crippen molar-refractivity contribution in [1.82, 2.24) is 20.3 Å². The summed E-state index contributed by atoms with van der Waals surface area (Å²) >= 11 is 1.75. The van der Waals surface area contributed by atoms with E-state index in [2.05, 4.69) is 51.7 Å². The SMILES string of the molecule is CCCc1nc2sc3c(NCCc4ccc(N5CCNCC5)cc4)ncnc3c2c2c1CCC2. The van der Waals surface area contributed by atoms with Crippen molar-refractivity contribution < 1.29 is 0 Å². The Kier molecular flexibility index (Phi) is 6.05. The van der Waals surface area contributed by atoms with E-state index in [1.165, 1.54) is 39.9 Å². The molecule has 2 N–H and O–H groups in total. The topological polar surface area (TPSA) is 66.0 Å². The maximum atomic E-state index is 5.10. The highest BCUT2D eigenvalue weighted by atomic mass is 32.1. The molecule has 3 aromatic heterocycles. The van der Waals surface area contributed by atoms with E-state index in [1.807, 2.05) is 0 Å². The van der Waals surface area contributed by atoms with Gasteiger partial charge in [-0.1, -0.05) is 25.5 Å². The number of thiophene rings is 1. The smallest absolute Gasteiger partial charge is 0.147 e. The van der Waals surface area contributed by atoms with Crippen LogP contribution in [-0.2, 0) is 25.7 Å². The Hall–Kier alpha value is -2.77. The normalized spacial score (nSPS) is 15.9. The van der Waals surface area contributed by atoms with Crippen LogP contribution in [-0.4, -0.2) is 47.7 Å². The molecule has 0 spiro atoms. The molecule has 1 aliphatic carbocycles. The van der Waals surface area contributed by atoms with Gasteiger partial charge < -0.3 is 15.5 Å². The molecule has 176 valence electrons. The molecule has 0 unspecified atom stereocenters. The Balaban J connectivity index is 1.21. The summed E-state index contributed by atoms with van der Waals surface area (Å²) in [5, 5.41) is 8.29. The summed E-state index contributed by atoms with van der Waals surface area (Å²) < 4.78 is 1.14. The summed E-state index contributed by atoms with van der Waals surface area (Å²) in [7, 11) is 0. The molecule has 0 radical (unpaired) electrons. The second-order valence-corrected chi connectivity index (χ2v) is 10.4. The maximum absolute atomic E-state index is 5.10. The fraction of sp³-hybridized carbons (Fsp3) is 0.444. The van der Waals surface area contributed by atoms with Crippen molar-refractivity contribution in [3.63, 3.8) is 0 Å². The zero-order valence-electron chi connectivity index (χ0n) is 19.9. The van der Waals surface area contributed by atoms with E-state index >= 15 is 0 Å². The molecule has 1 fully saturated rings. The number of nitrogens with zero attached hydrogens (tertiary/aromatic N) is 4. The van der Waals surface area contributed by atoms with Crippen LogP contribution in [0.1, 0.15) is 42.1 Å². The van der Waals surface area contributed by atoms with E-state index in [-0.39, 0.29) is 0 Å². The Bertz CT molecular complexity index is 1310. The van der Waals surface area contributed by atoms with Crippen LogP contribution in [0.4, 0.5) is 11.5 Å². The maximum Gasteiger partial charge on any atom is 0.147 e. The molecular weight excluding hydrogens is 440 g/mol. The highest BCUT2D eigenvalue weighted by Gasteiger charge is 2.24. The summed E-state index contributed by atoms with van der Waals surface area (Å²) in [6.07, 6.45) is 8.42. The lowest BCUT2D eigenvalue weighted by atomic mass is 10.0. The molecule has 0 amide bonds. The third-order valence-electron chi connectivity index (χ3n) is 7.17. The van der Waals surface area contributed by atoms with Gasteiger partial charge in [0.1, 0.15) is 17.0 Å². The summed E-state index contributed by atoms with van der Waals surface area (Å²) in [4.78, 5) is 18.0. The van der Waals surface area contributed by atoms with Gasteiger partial charge in [-0.15, -0.1) is 11.3 Å². The van der Waals surface area contributed by atoms with Crippen LogP contribution < -0.4 is 15.5 Å². The minimum Gasteiger partial charge on any atom is -0.369 e. The van der Waals surface area contributed by atoms with Crippen molar-refractivity contribution in [1.29, 1.82) is 0 Å². The number of piperazine rings is 1. The van der Waals surface area contributed by atoms with Gasteiger partial charge in [0.15, 0.2) is 0 Å². The number of anilines is 2. The molecule has 34 heavy (non-hydrogen) atoms. The minimum absolute atomic E-state index is 0.847. The van der Waals surface area contributed by atoms with Crippen LogP contribution in [0.2, 0.25) is 0 Å². The molecule has 1 aliphatic heterocycles. The fourth-order valence-corrected chi connectivity index (χ4v) is 6.61. The Morgan fingerprint density at radius 1 is 1.03 bits per heavy atom. The van der Waals surface area contributed by atoms with Gasteiger partial charge in [-0.05, 0) is 60.9 Å². The largest absolute Gasteiger partial charge is 0.369 e. The number of rotatable bonds is 7. The molecule has 1 saturated heterocycles. The molecule has 0 bridgehead atoms. The van der Waals surface area contributed by atoms with Gasteiger partial charge in [-0.2, -0.15) is 0 Å². The summed E-state index contributed by atoms with van der Waals surface area (Å²) in [5.74, 6) is 0.939. The molecule has 0 atom stereocenters. The third kappa shape index (κ3) is 4.01. The standard InChI is InChI=1S/C27H32N6S/c1-2-4-22-20-5-3-6-21(20)23-24-25(34-27(23)32-22)26(31-17-30-24)29-12-11-18-7-9-19(10-8-18)33-15-13-28-14-16-33/h7-10,17,28H,2-6,11-16H2,1H3,(H,29,30,31). The Morgan fingerprint density at radius 2 is 1.85 bits per heavy atom. The number of hydrogen-bond acceptors (Lipinski definition) is 7. The number of aromatic nitrogens is 3. The van der Waals surface area contributed by atoms with Gasteiger partial charge in [-0.25, -0.2) is 15.0 Å². The number of pyridine rings is 1. The van der Waals surface area contributed by atoms with Crippen molar-refractivity contribution in [2.75, 3.05) is 42.9 Å². The molecule has 0 saturated carbocycles. The van der Waals surface area contributed by atoms with Crippen molar-refractivity contribution in [3.05, 3.63) is 53.0 Å². The average molecular weight is 473 g/mol. The van der Waals surface area contributed by atoms with Crippen molar-refractivity contribution in [3.8, 4) is 0 Å². The van der Waals surface area contributed by atoms with Gasteiger partial charge in [0.2, 0.25) is 0 Å². The van der Waals surface area contributed by atoms with Crippen LogP contribution in [0.15, 0.2) is 30.6 Å². The number of fused-ring (bicyclic) bond motifs is 5. The quantitative estimate of drug-likeness (QED) is 0.405. The van der Waals surface area contributed by atoms with Crippen LogP contribution in [0.3, 0.4) is 0 Å². The molecule has 4 aromatic rings. The van der Waals surface area contributed by atoms with E-state index in [1.54, 1.807) is 17.7 Å². The van der Waals surface area contributed by atoms with Crippen LogP contribution in [0.25, 0.3) is 20.4 Å². The fourth-order valence-electron chi connectivity index (χ4n) is 5.47. The Morgan fingerprint density at radius 3 is 2.68 bits per heavy atom. The van der Waals surface area contributed by atoms with Crippen LogP contribution in [0.5, 0.6) is 0 Å². The van der Waals surface area contributed by atoms with Crippen molar-refractivity contribution in [2.24, 2.45) is 0 Å².